The fraction of sp³-hybridized carbons (Fsp3) is 0.167. The van der Waals surface area contributed by atoms with E-state index in [1.807, 2.05) is 25.1 Å². The van der Waals surface area contributed by atoms with Crippen molar-refractivity contribution >= 4 is 39.9 Å². The molecule has 0 spiro atoms. The number of nitrogens with two attached hydrogens (primary N) is 2. The van der Waals surface area contributed by atoms with Crippen LogP contribution in [0.2, 0.25) is 0 Å². The van der Waals surface area contributed by atoms with E-state index < -0.39 is 0 Å². The van der Waals surface area contributed by atoms with E-state index in [2.05, 4.69) is 20.3 Å². The first-order valence-corrected chi connectivity index (χ1v) is 9.12. The molecule has 9 heteroatoms. The van der Waals surface area contributed by atoms with Gasteiger partial charge in [0.2, 0.25) is 5.95 Å². The van der Waals surface area contributed by atoms with Crippen LogP contribution in [-0.4, -0.2) is 30.7 Å². The third-order valence-electron chi connectivity index (χ3n) is 4.29. The third kappa shape index (κ3) is 3.13. The van der Waals surface area contributed by atoms with Gasteiger partial charge >= 0.3 is 0 Å². The van der Waals surface area contributed by atoms with Gasteiger partial charge in [0, 0.05) is 16.6 Å². The van der Waals surface area contributed by atoms with Crippen molar-refractivity contribution in [2.24, 2.45) is 0 Å². The van der Waals surface area contributed by atoms with Crippen LogP contribution in [0.5, 0.6) is 0 Å². The quantitative estimate of drug-likeness (QED) is 0.412. The second-order valence-corrected chi connectivity index (χ2v) is 7.21. The van der Waals surface area contributed by atoms with Gasteiger partial charge in [0.25, 0.3) is 0 Å². The Morgan fingerprint density at radius 1 is 1.22 bits per heavy atom. The standard InChI is InChI=1S/C18H17N7OS/c1-9-5-11(3-4-13(9)19)7-25-17-16(23-24-25)15(21-18(20)22-17)14-6-12(8-27-14)10(2)26/h3-6,8H,7,19H2,1-2H3,(H2,20,21,22). The lowest BCUT2D eigenvalue weighted by Crippen LogP contribution is -2.05. The van der Waals surface area contributed by atoms with Crippen LogP contribution in [0.15, 0.2) is 29.6 Å². The minimum atomic E-state index is -0.00172. The molecule has 0 unspecified atom stereocenters. The van der Waals surface area contributed by atoms with Crippen molar-refractivity contribution in [3.05, 3.63) is 46.3 Å². The maximum atomic E-state index is 11.6. The maximum absolute atomic E-state index is 11.6. The smallest absolute Gasteiger partial charge is 0.222 e. The highest BCUT2D eigenvalue weighted by Crippen LogP contribution is 2.31. The first-order chi connectivity index (χ1) is 12.9. The average molecular weight is 379 g/mol. The highest BCUT2D eigenvalue weighted by molar-refractivity contribution is 7.14. The molecule has 0 aliphatic carbocycles. The highest BCUT2D eigenvalue weighted by Gasteiger charge is 2.17. The summed E-state index contributed by atoms with van der Waals surface area (Å²) in [6, 6.07) is 7.61. The second-order valence-electron chi connectivity index (χ2n) is 6.30. The molecule has 0 bridgehead atoms. The van der Waals surface area contributed by atoms with Crippen molar-refractivity contribution in [1.29, 1.82) is 0 Å². The number of hydrogen-bond acceptors (Lipinski definition) is 8. The fourth-order valence-electron chi connectivity index (χ4n) is 2.81. The lowest BCUT2D eigenvalue weighted by molar-refractivity contribution is 0.101. The minimum absolute atomic E-state index is 0.00172. The summed E-state index contributed by atoms with van der Waals surface area (Å²) >= 11 is 1.41. The van der Waals surface area contributed by atoms with Crippen LogP contribution in [0.25, 0.3) is 21.7 Å². The molecular formula is C18H17N7OS. The Balaban J connectivity index is 1.79. The van der Waals surface area contributed by atoms with Crippen LogP contribution < -0.4 is 11.5 Å². The molecule has 8 nitrogen and oxygen atoms in total. The summed E-state index contributed by atoms with van der Waals surface area (Å²) in [5.41, 5.74) is 16.9. The summed E-state index contributed by atoms with van der Waals surface area (Å²) in [6.07, 6.45) is 0. The number of fused-ring (bicyclic) bond motifs is 1. The molecule has 3 heterocycles. The Kier molecular flexibility index (Phi) is 4.08. The molecule has 0 aliphatic rings. The van der Waals surface area contributed by atoms with Crippen LogP contribution in [0, 0.1) is 6.92 Å². The van der Waals surface area contributed by atoms with Gasteiger partial charge in [0.05, 0.1) is 11.4 Å². The van der Waals surface area contributed by atoms with E-state index in [1.54, 1.807) is 16.1 Å². The maximum Gasteiger partial charge on any atom is 0.222 e. The molecule has 136 valence electrons. The molecule has 0 fully saturated rings. The summed E-state index contributed by atoms with van der Waals surface area (Å²) in [7, 11) is 0. The lowest BCUT2D eigenvalue weighted by Gasteiger charge is -2.06. The predicted molar refractivity (Wildman–Crippen MR) is 106 cm³/mol. The molecule has 4 aromatic rings. The number of nitrogen functional groups attached to an aromatic ring is 2. The van der Waals surface area contributed by atoms with Crippen LogP contribution in [0.1, 0.15) is 28.4 Å². The number of carbonyl (C=O) groups is 1. The van der Waals surface area contributed by atoms with Crippen LogP contribution >= 0.6 is 11.3 Å². The van der Waals surface area contributed by atoms with E-state index in [0.717, 1.165) is 21.7 Å². The zero-order valence-electron chi connectivity index (χ0n) is 14.8. The Morgan fingerprint density at radius 2 is 2.04 bits per heavy atom. The predicted octanol–water partition coefficient (Wildman–Crippen LogP) is 2.67. The van der Waals surface area contributed by atoms with Crippen molar-refractivity contribution in [2.75, 3.05) is 11.5 Å². The van der Waals surface area contributed by atoms with Crippen LogP contribution in [-0.2, 0) is 6.54 Å². The van der Waals surface area contributed by atoms with Gasteiger partial charge in [-0.2, -0.15) is 4.98 Å². The van der Waals surface area contributed by atoms with Gasteiger partial charge in [-0.25, -0.2) is 9.67 Å². The molecule has 0 radical (unpaired) electrons. The van der Waals surface area contributed by atoms with Gasteiger partial charge in [-0.05, 0) is 37.1 Å². The van der Waals surface area contributed by atoms with Gasteiger partial charge in [-0.1, -0.05) is 17.3 Å². The first kappa shape index (κ1) is 17.1. The van der Waals surface area contributed by atoms with Gasteiger partial charge < -0.3 is 11.5 Å². The van der Waals surface area contributed by atoms with E-state index in [9.17, 15) is 4.79 Å². The summed E-state index contributed by atoms with van der Waals surface area (Å²) in [5, 5.41) is 10.3. The molecule has 0 aliphatic heterocycles. The van der Waals surface area contributed by atoms with Gasteiger partial charge in [0.15, 0.2) is 16.9 Å². The molecule has 0 saturated heterocycles. The van der Waals surface area contributed by atoms with Gasteiger partial charge in [-0.15, -0.1) is 16.4 Å². The normalized spacial score (nSPS) is 11.2. The Bertz CT molecular complexity index is 1180. The average Bonchev–Trinajstić information content (AvgIpc) is 3.25. The third-order valence-corrected chi connectivity index (χ3v) is 5.22. The van der Waals surface area contributed by atoms with E-state index in [4.69, 9.17) is 11.5 Å². The number of nitrogens with zero attached hydrogens (tertiary/aromatic N) is 5. The fourth-order valence-corrected chi connectivity index (χ4v) is 3.74. The van der Waals surface area contributed by atoms with Crippen molar-refractivity contribution < 1.29 is 4.79 Å². The van der Waals surface area contributed by atoms with Crippen molar-refractivity contribution in [3.8, 4) is 10.6 Å². The number of rotatable bonds is 4. The van der Waals surface area contributed by atoms with Crippen LogP contribution in [0.4, 0.5) is 11.6 Å². The molecule has 1 aromatic carbocycles. The monoisotopic (exact) mass is 379 g/mol. The molecule has 4 rings (SSSR count). The molecule has 0 saturated carbocycles. The number of anilines is 2. The number of Topliss-reactive ketones (excluding diaryl/α,β-unsaturated/α-hetero) is 1. The van der Waals surface area contributed by atoms with Gasteiger partial charge in [0.1, 0.15) is 5.69 Å². The molecule has 27 heavy (non-hydrogen) atoms. The zero-order chi connectivity index (χ0) is 19.1. The number of hydrogen-bond donors (Lipinski definition) is 2. The minimum Gasteiger partial charge on any atom is -0.399 e. The van der Waals surface area contributed by atoms with E-state index >= 15 is 0 Å². The Hall–Kier alpha value is -3.33. The summed E-state index contributed by atoms with van der Waals surface area (Å²) < 4.78 is 1.68. The second kappa shape index (κ2) is 6.44. The SMILES string of the molecule is CC(=O)c1csc(-c2nc(N)nc3c2nnn3Cc2ccc(N)c(C)c2)c1. The van der Waals surface area contributed by atoms with Crippen molar-refractivity contribution in [2.45, 2.75) is 20.4 Å². The topological polar surface area (TPSA) is 126 Å². The molecule has 3 aromatic heterocycles. The summed E-state index contributed by atoms with van der Waals surface area (Å²) in [4.78, 5) is 21.0. The highest BCUT2D eigenvalue weighted by atomic mass is 32.1. The lowest BCUT2D eigenvalue weighted by atomic mass is 10.1. The number of aryl methyl sites for hydroxylation is 1. The summed E-state index contributed by atoms with van der Waals surface area (Å²) in [6.45, 7) is 3.97. The molecular weight excluding hydrogens is 362 g/mol. The number of aromatic nitrogens is 5. The van der Waals surface area contributed by atoms with E-state index in [1.165, 1.54) is 18.3 Å². The molecule has 0 amide bonds. The summed E-state index contributed by atoms with van der Waals surface area (Å²) in [5.74, 6) is 0.130. The van der Waals surface area contributed by atoms with E-state index in [-0.39, 0.29) is 11.7 Å². The number of ketones is 1. The molecule has 0 atom stereocenters. The van der Waals surface area contributed by atoms with Crippen molar-refractivity contribution in [1.82, 2.24) is 25.0 Å². The Labute approximate surface area is 158 Å². The van der Waals surface area contributed by atoms with Gasteiger partial charge in [-0.3, -0.25) is 4.79 Å². The number of thiophene rings is 1. The number of carbonyl (C=O) groups excluding carboxylic acids is 1. The first-order valence-electron chi connectivity index (χ1n) is 8.24. The molecule has 4 N–H and O–H groups in total. The number of benzene rings is 1. The Morgan fingerprint density at radius 3 is 2.74 bits per heavy atom. The van der Waals surface area contributed by atoms with Crippen molar-refractivity contribution in [3.63, 3.8) is 0 Å². The zero-order valence-corrected chi connectivity index (χ0v) is 15.6. The van der Waals surface area contributed by atoms with Crippen LogP contribution in [0.3, 0.4) is 0 Å². The largest absolute Gasteiger partial charge is 0.399 e. The van der Waals surface area contributed by atoms with E-state index in [0.29, 0.717) is 29.0 Å².